The van der Waals surface area contributed by atoms with Crippen molar-refractivity contribution < 1.29 is 15.0 Å². The van der Waals surface area contributed by atoms with E-state index in [-0.39, 0.29) is 17.4 Å². The van der Waals surface area contributed by atoms with Crippen LogP contribution < -0.4 is 5.32 Å². The molecule has 0 aromatic heterocycles. The van der Waals surface area contributed by atoms with Crippen LogP contribution in [0.15, 0.2) is 54.6 Å². The first-order valence-corrected chi connectivity index (χ1v) is 6.66. The van der Waals surface area contributed by atoms with Crippen molar-refractivity contribution in [2.75, 3.05) is 6.54 Å². The molecular weight excluding hydrogens is 266 g/mol. The van der Waals surface area contributed by atoms with Crippen LogP contribution >= 0.6 is 0 Å². The van der Waals surface area contributed by atoms with Gasteiger partial charge in [0.25, 0.3) is 0 Å². The Balaban J connectivity index is 1.77. The smallest absolute Gasteiger partial charge is 0.244 e. The number of carbonyl (C=O) groups is 1. The molecule has 21 heavy (non-hydrogen) atoms. The van der Waals surface area contributed by atoms with Gasteiger partial charge in [0, 0.05) is 12.6 Å². The number of phenols is 2. The Kier molecular flexibility index (Phi) is 4.99. The molecule has 0 aliphatic carbocycles. The summed E-state index contributed by atoms with van der Waals surface area (Å²) in [7, 11) is 0. The van der Waals surface area contributed by atoms with Gasteiger partial charge in [0.15, 0.2) is 0 Å². The van der Waals surface area contributed by atoms with E-state index in [1.165, 1.54) is 6.08 Å². The van der Waals surface area contributed by atoms with Gasteiger partial charge in [-0.15, -0.1) is 0 Å². The fourth-order valence-corrected chi connectivity index (χ4v) is 1.81. The molecule has 1 amide bonds. The summed E-state index contributed by atoms with van der Waals surface area (Å²) in [6.45, 7) is 0.531. The Morgan fingerprint density at radius 1 is 0.952 bits per heavy atom. The van der Waals surface area contributed by atoms with Gasteiger partial charge in [-0.3, -0.25) is 4.79 Å². The van der Waals surface area contributed by atoms with E-state index in [9.17, 15) is 9.90 Å². The maximum Gasteiger partial charge on any atom is 0.244 e. The molecule has 0 saturated heterocycles. The summed E-state index contributed by atoms with van der Waals surface area (Å²) in [6, 6.07) is 13.5. The molecule has 4 heteroatoms. The van der Waals surface area contributed by atoms with Crippen molar-refractivity contribution in [1.82, 2.24) is 5.32 Å². The average molecular weight is 283 g/mol. The summed E-state index contributed by atoms with van der Waals surface area (Å²) in [6.07, 6.45) is 3.86. The lowest BCUT2D eigenvalue weighted by atomic mass is 10.1. The number of hydrogen-bond donors (Lipinski definition) is 3. The van der Waals surface area contributed by atoms with Crippen molar-refractivity contribution in [3.63, 3.8) is 0 Å². The molecule has 0 bridgehead atoms. The largest absolute Gasteiger partial charge is 0.508 e. The minimum absolute atomic E-state index is 0.165. The third-order valence-corrected chi connectivity index (χ3v) is 2.97. The molecule has 0 fully saturated rings. The zero-order chi connectivity index (χ0) is 15.1. The van der Waals surface area contributed by atoms with Gasteiger partial charge in [-0.25, -0.2) is 0 Å². The zero-order valence-corrected chi connectivity index (χ0v) is 11.5. The fourth-order valence-electron chi connectivity index (χ4n) is 1.81. The molecule has 3 N–H and O–H groups in total. The van der Waals surface area contributed by atoms with Crippen LogP contribution in [0, 0.1) is 0 Å². The Hall–Kier alpha value is -2.75. The second-order valence-electron chi connectivity index (χ2n) is 4.63. The van der Waals surface area contributed by atoms with Gasteiger partial charge in [0.05, 0.1) is 0 Å². The number of phenolic OH excluding ortho intramolecular Hbond substituents is 2. The summed E-state index contributed by atoms with van der Waals surface area (Å²) in [5, 5.41) is 21.1. The van der Waals surface area contributed by atoms with Gasteiger partial charge in [-0.05, 0) is 47.9 Å². The van der Waals surface area contributed by atoms with Crippen molar-refractivity contribution in [2.24, 2.45) is 0 Å². The molecule has 108 valence electrons. The van der Waals surface area contributed by atoms with Crippen LogP contribution in [0.1, 0.15) is 11.1 Å². The third-order valence-electron chi connectivity index (χ3n) is 2.97. The molecule has 2 aromatic rings. The minimum Gasteiger partial charge on any atom is -0.508 e. The first kappa shape index (κ1) is 14.7. The van der Waals surface area contributed by atoms with Crippen LogP contribution in [0.5, 0.6) is 11.5 Å². The Morgan fingerprint density at radius 3 is 2.14 bits per heavy atom. The summed E-state index contributed by atoms with van der Waals surface area (Å²) in [4.78, 5) is 11.6. The highest BCUT2D eigenvalue weighted by atomic mass is 16.3. The fraction of sp³-hybridized carbons (Fsp3) is 0.118. The lowest BCUT2D eigenvalue weighted by Crippen LogP contribution is -2.23. The predicted octanol–water partition coefficient (Wildman–Crippen LogP) is 2.47. The van der Waals surface area contributed by atoms with Gasteiger partial charge in [0.2, 0.25) is 5.91 Å². The van der Waals surface area contributed by atoms with Gasteiger partial charge >= 0.3 is 0 Å². The topological polar surface area (TPSA) is 69.6 Å². The molecule has 0 aliphatic heterocycles. The third kappa shape index (κ3) is 5.03. The monoisotopic (exact) mass is 283 g/mol. The van der Waals surface area contributed by atoms with Crippen LogP contribution in [0.25, 0.3) is 6.08 Å². The molecule has 0 radical (unpaired) electrons. The van der Waals surface area contributed by atoms with E-state index >= 15 is 0 Å². The van der Waals surface area contributed by atoms with E-state index in [1.54, 1.807) is 42.5 Å². The van der Waals surface area contributed by atoms with Crippen molar-refractivity contribution in [3.05, 3.63) is 65.7 Å². The van der Waals surface area contributed by atoms with Gasteiger partial charge in [0.1, 0.15) is 11.5 Å². The standard InChI is InChI=1S/C17H17NO3/c19-15-6-1-13(2-7-15)5-10-17(21)18-12-11-14-3-8-16(20)9-4-14/h1-10,19-20H,11-12H2,(H,18,21). The molecule has 0 saturated carbocycles. The quantitative estimate of drug-likeness (QED) is 0.738. The molecule has 0 unspecified atom stereocenters. The lowest BCUT2D eigenvalue weighted by molar-refractivity contribution is -0.116. The number of rotatable bonds is 5. The molecular formula is C17H17NO3. The van der Waals surface area contributed by atoms with E-state index in [0.29, 0.717) is 13.0 Å². The summed E-state index contributed by atoms with van der Waals surface area (Å²) in [5.41, 5.74) is 1.90. The maximum absolute atomic E-state index is 11.6. The number of aromatic hydroxyl groups is 2. The summed E-state index contributed by atoms with van der Waals surface area (Å²) >= 11 is 0. The zero-order valence-electron chi connectivity index (χ0n) is 11.5. The van der Waals surface area contributed by atoms with Crippen molar-refractivity contribution in [1.29, 1.82) is 0 Å². The Morgan fingerprint density at radius 2 is 1.52 bits per heavy atom. The summed E-state index contributed by atoms with van der Waals surface area (Å²) < 4.78 is 0. The molecule has 0 atom stereocenters. The second-order valence-corrected chi connectivity index (χ2v) is 4.63. The molecule has 0 heterocycles. The van der Waals surface area contributed by atoms with Crippen LogP contribution in [0.2, 0.25) is 0 Å². The van der Waals surface area contributed by atoms with E-state index < -0.39 is 0 Å². The Labute approximate surface area is 123 Å². The van der Waals surface area contributed by atoms with E-state index in [2.05, 4.69) is 5.32 Å². The van der Waals surface area contributed by atoms with Crippen molar-refractivity contribution in [2.45, 2.75) is 6.42 Å². The van der Waals surface area contributed by atoms with Crippen molar-refractivity contribution >= 4 is 12.0 Å². The van der Waals surface area contributed by atoms with E-state index in [1.807, 2.05) is 12.1 Å². The molecule has 2 aromatic carbocycles. The first-order valence-electron chi connectivity index (χ1n) is 6.66. The van der Waals surface area contributed by atoms with Gasteiger partial charge in [-0.2, -0.15) is 0 Å². The highest BCUT2D eigenvalue weighted by molar-refractivity contribution is 5.91. The number of amides is 1. The highest BCUT2D eigenvalue weighted by Crippen LogP contribution is 2.11. The number of nitrogens with one attached hydrogen (secondary N) is 1. The second kappa shape index (κ2) is 7.14. The Bertz CT molecular complexity index is 615. The SMILES string of the molecule is O=C(C=Cc1ccc(O)cc1)NCCc1ccc(O)cc1. The van der Waals surface area contributed by atoms with Crippen molar-refractivity contribution in [3.8, 4) is 11.5 Å². The molecule has 0 spiro atoms. The first-order chi connectivity index (χ1) is 10.1. The van der Waals surface area contributed by atoms with Gasteiger partial charge in [-0.1, -0.05) is 24.3 Å². The van der Waals surface area contributed by atoms with Crippen LogP contribution in [0.4, 0.5) is 0 Å². The van der Waals surface area contributed by atoms with Crippen LogP contribution in [-0.2, 0) is 11.2 Å². The van der Waals surface area contributed by atoms with Crippen LogP contribution in [-0.4, -0.2) is 22.7 Å². The maximum atomic E-state index is 11.6. The van der Waals surface area contributed by atoms with Gasteiger partial charge < -0.3 is 15.5 Å². The normalized spacial score (nSPS) is 10.7. The lowest BCUT2D eigenvalue weighted by Gasteiger charge is -2.03. The molecule has 4 nitrogen and oxygen atoms in total. The van der Waals surface area contributed by atoms with E-state index in [4.69, 9.17) is 5.11 Å². The minimum atomic E-state index is -0.165. The number of hydrogen-bond acceptors (Lipinski definition) is 3. The van der Waals surface area contributed by atoms with E-state index in [0.717, 1.165) is 11.1 Å². The highest BCUT2D eigenvalue weighted by Gasteiger charge is 1.97. The number of benzene rings is 2. The number of carbonyl (C=O) groups excluding carboxylic acids is 1. The summed E-state index contributed by atoms with van der Waals surface area (Å²) in [5.74, 6) is 0.270. The average Bonchev–Trinajstić information content (AvgIpc) is 2.49. The molecule has 2 rings (SSSR count). The molecule has 0 aliphatic rings. The van der Waals surface area contributed by atoms with Crippen LogP contribution in [0.3, 0.4) is 0 Å². The predicted molar refractivity (Wildman–Crippen MR) is 82.0 cm³/mol.